The third-order valence-corrected chi connectivity index (χ3v) is 11.6. The van der Waals surface area contributed by atoms with Crippen LogP contribution < -0.4 is 15.9 Å². The van der Waals surface area contributed by atoms with Crippen molar-refractivity contribution in [3.63, 3.8) is 0 Å². The number of benzene rings is 3. The van der Waals surface area contributed by atoms with Crippen LogP contribution in [-0.2, 0) is 0 Å². The molecule has 0 spiro atoms. The molecule has 0 aliphatic heterocycles. The second-order valence-corrected chi connectivity index (χ2v) is 13.6. The lowest BCUT2D eigenvalue weighted by molar-refractivity contribution is -0.461. The third kappa shape index (κ3) is 5.49. The fourth-order valence-corrected chi connectivity index (χ4v) is 8.87. The minimum atomic E-state index is -8.66. The van der Waals surface area contributed by atoms with E-state index in [9.17, 15) is 65.9 Å². The maximum Gasteiger partial charge on any atom is 0.460 e. The summed E-state index contributed by atoms with van der Waals surface area (Å²) in [6, 6.07) is 20.7. The van der Waals surface area contributed by atoms with E-state index in [0.717, 1.165) is 0 Å². The summed E-state index contributed by atoms with van der Waals surface area (Å²) in [7, 11) is -3.65. The highest BCUT2D eigenvalue weighted by Crippen LogP contribution is 2.65. The van der Waals surface area contributed by atoms with Gasteiger partial charge < -0.3 is 0 Å². The molecule has 0 fully saturated rings. The average Bonchev–Trinajstić information content (AvgIpc) is 2.98. The lowest BCUT2D eigenvalue weighted by atomic mass is 9.88. The van der Waals surface area contributed by atoms with E-state index in [2.05, 4.69) is 0 Å². The van der Waals surface area contributed by atoms with Crippen molar-refractivity contribution in [2.75, 3.05) is 6.16 Å². The van der Waals surface area contributed by atoms with Gasteiger partial charge in [-0.05, 0) is 36.4 Å². The van der Waals surface area contributed by atoms with Crippen LogP contribution in [0.1, 0.15) is 6.42 Å². The molecular weight excluding hydrogens is 690 g/mol. The zero-order valence-corrected chi connectivity index (χ0v) is 23.3. The Morgan fingerprint density at radius 1 is 0.348 bits per heavy atom. The average molecular weight is 709 g/mol. The number of alkyl halides is 17. The van der Waals surface area contributed by atoms with Crippen molar-refractivity contribution in [3.05, 3.63) is 91.0 Å². The Morgan fingerprint density at radius 2 is 0.609 bits per heavy atom. The van der Waals surface area contributed by atoms with E-state index in [1.165, 1.54) is 91.0 Å². The number of halogens is 17. The van der Waals surface area contributed by atoms with Crippen molar-refractivity contribution in [3.8, 4) is 0 Å². The summed E-state index contributed by atoms with van der Waals surface area (Å²) < 4.78 is 235. The lowest BCUT2D eigenvalue weighted by Crippen LogP contribution is -2.74. The third-order valence-electron chi connectivity index (χ3n) is 7.14. The molecule has 46 heavy (non-hydrogen) atoms. The standard InChI is InChI=1S/C28H19F17P/c29-21(30,22(31,32)23(33,34)24(35,36)25(37,38)26(39,40)27(41,42)28(43,44)45)16-17-46(18-10-4-1-5-11-18,19-12-6-2-7-13-19)20-14-8-3-9-15-20/h1-15H,16-17H2/q+1. The Kier molecular flexibility index (Phi) is 9.63. The summed E-state index contributed by atoms with van der Waals surface area (Å²) >= 11 is 0. The maximum atomic E-state index is 15.1. The zero-order chi connectivity index (χ0) is 35.3. The molecule has 0 aliphatic rings. The molecule has 0 amide bonds. The van der Waals surface area contributed by atoms with Gasteiger partial charge in [0.1, 0.15) is 23.2 Å². The van der Waals surface area contributed by atoms with Gasteiger partial charge in [-0.25, -0.2) is 0 Å². The molecule has 0 saturated carbocycles. The Balaban J connectivity index is 2.15. The predicted octanol–water partition coefficient (Wildman–Crippen LogP) is 9.38. The molecule has 0 unspecified atom stereocenters. The van der Waals surface area contributed by atoms with Crippen LogP contribution in [-0.4, -0.2) is 53.8 Å². The quantitative estimate of drug-likeness (QED) is 0.130. The molecule has 3 rings (SSSR count). The van der Waals surface area contributed by atoms with Gasteiger partial charge in [0.2, 0.25) is 0 Å². The summed E-state index contributed by atoms with van der Waals surface area (Å²) in [5.41, 5.74) is 0. The highest BCUT2D eigenvalue weighted by molar-refractivity contribution is 7.95. The van der Waals surface area contributed by atoms with Gasteiger partial charge in [0.05, 0.1) is 12.6 Å². The van der Waals surface area contributed by atoms with Crippen LogP contribution in [0.3, 0.4) is 0 Å². The fourth-order valence-electron chi connectivity index (χ4n) is 4.54. The molecule has 0 heterocycles. The Labute approximate surface area is 249 Å². The molecule has 18 heteroatoms. The highest BCUT2D eigenvalue weighted by atomic mass is 31.2. The molecule has 0 bridgehead atoms. The number of hydrogen-bond donors (Lipinski definition) is 0. The van der Waals surface area contributed by atoms with Crippen LogP contribution in [0.2, 0.25) is 0 Å². The maximum absolute atomic E-state index is 15.1. The van der Waals surface area contributed by atoms with Crippen LogP contribution in [0.5, 0.6) is 0 Å². The molecule has 0 aliphatic carbocycles. The largest absolute Gasteiger partial charge is 0.460 e. The van der Waals surface area contributed by atoms with Crippen LogP contribution >= 0.6 is 7.26 Å². The van der Waals surface area contributed by atoms with E-state index < -0.39 is 67.5 Å². The van der Waals surface area contributed by atoms with E-state index in [-0.39, 0.29) is 15.9 Å². The molecular formula is C28H19F17P+. The summed E-state index contributed by atoms with van der Waals surface area (Å²) in [5, 5.41) is 0.470. The van der Waals surface area contributed by atoms with Gasteiger partial charge in [0, 0.05) is 0 Å². The second kappa shape index (κ2) is 11.9. The first-order valence-electron chi connectivity index (χ1n) is 12.5. The summed E-state index contributed by atoms with van der Waals surface area (Å²) in [5.74, 6) is -56.5. The predicted molar refractivity (Wildman–Crippen MR) is 135 cm³/mol. The molecule has 3 aromatic rings. The number of hydrogen-bond acceptors (Lipinski definition) is 0. The number of rotatable bonds is 12. The van der Waals surface area contributed by atoms with Crippen LogP contribution in [0.25, 0.3) is 0 Å². The molecule has 0 atom stereocenters. The van der Waals surface area contributed by atoms with Crippen molar-refractivity contribution in [2.24, 2.45) is 0 Å². The van der Waals surface area contributed by atoms with Gasteiger partial charge in [-0.15, -0.1) is 0 Å². The SMILES string of the molecule is FC(F)(F)C(F)(F)C(F)(F)C(F)(F)C(F)(F)C(F)(F)C(F)(F)C(F)(F)CC[P+](c1ccccc1)(c1ccccc1)c1ccccc1. The van der Waals surface area contributed by atoms with Crippen molar-refractivity contribution in [1.29, 1.82) is 0 Å². The van der Waals surface area contributed by atoms with Crippen molar-refractivity contribution < 1.29 is 74.6 Å². The zero-order valence-electron chi connectivity index (χ0n) is 22.4. The van der Waals surface area contributed by atoms with Crippen molar-refractivity contribution in [2.45, 2.75) is 54.1 Å². The molecule has 3 aromatic carbocycles. The fraction of sp³-hybridized carbons (Fsp3) is 0.357. The lowest BCUT2D eigenvalue weighted by Gasteiger charge is -2.43. The van der Waals surface area contributed by atoms with Gasteiger partial charge in [-0.3, -0.25) is 0 Å². The van der Waals surface area contributed by atoms with E-state index in [4.69, 9.17) is 0 Å². The van der Waals surface area contributed by atoms with Crippen LogP contribution in [0.15, 0.2) is 91.0 Å². The van der Waals surface area contributed by atoms with Gasteiger partial charge in [0.15, 0.2) is 0 Å². The van der Waals surface area contributed by atoms with E-state index in [0.29, 0.717) is 0 Å². The summed E-state index contributed by atoms with van der Waals surface area (Å²) in [6.07, 6.45) is -11.6. The van der Waals surface area contributed by atoms with E-state index in [1.807, 2.05) is 0 Å². The second-order valence-electron chi connectivity index (χ2n) is 9.94. The van der Waals surface area contributed by atoms with Gasteiger partial charge >= 0.3 is 47.6 Å². The molecule has 0 aromatic heterocycles. The Morgan fingerprint density at radius 3 is 0.891 bits per heavy atom. The highest BCUT2D eigenvalue weighted by Gasteiger charge is 2.95. The van der Waals surface area contributed by atoms with Crippen LogP contribution in [0, 0.1) is 0 Å². The first kappa shape index (κ1) is 37.4. The van der Waals surface area contributed by atoms with Crippen LogP contribution in [0.4, 0.5) is 74.6 Å². The van der Waals surface area contributed by atoms with Gasteiger partial charge in [-0.1, -0.05) is 54.6 Å². The Bertz CT molecular complexity index is 1360. The minimum Gasteiger partial charge on any atom is -0.199 e. The normalized spacial score (nSPS) is 14.8. The van der Waals surface area contributed by atoms with Crippen molar-refractivity contribution in [1.82, 2.24) is 0 Å². The molecule has 254 valence electrons. The smallest absolute Gasteiger partial charge is 0.199 e. The minimum absolute atomic E-state index is 0.157. The first-order chi connectivity index (χ1) is 20.8. The summed E-state index contributed by atoms with van der Waals surface area (Å²) in [4.78, 5) is 0. The molecule has 0 radical (unpaired) electrons. The van der Waals surface area contributed by atoms with Gasteiger partial charge in [-0.2, -0.15) is 74.6 Å². The first-order valence-corrected chi connectivity index (χ1v) is 14.5. The molecule has 0 N–H and O–H groups in total. The topological polar surface area (TPSA) is 0 Å². The molecule has 0 nitrogen and oxygen atoms in total. The monoisotopic (exact) mass is 709 g/mol. The van der Waals surface area contributed by atoms with Crippen molar-refractivity contribution >= 4 is 23.2 Å². The van der Waals surface area contributed by atoms with Gasteiger partial charge in [0.25, 0.3) is 0 Å². The summed E-state index contributed by atoms with van der Waals surface area (Å²) in [6.45, 7) is 0. The molecule has 0 saturated heterocycles. The van der Waals surface area contributed by atoms with E-state index in [1.54, 1.807) is 0 Å². The van der Waals surface area contributed by atoms with E-state index >= 15 is 8.78 Å². The Hall–Kier alpha value is -3.10.